The summed E-state index contributed by atoms with van der Waals surface area (Å²) in [6, 6.07) is 11.2. The Morgan fingerprint density at radius 3 is 2.75 bits per heavy atom. The lowest BCUT2D eigenvalue weighted by atomic mass is 10.1. The van der Waals surface area contributed by atoms with Gasteiger partial charge in [0, 0.05) is 19.0 Å². The number of rotatable bonds is 3. The van der Waals surface area contributed by atoms with Crippen molar-refractivity contribution in [1.29, 1.82) is 0 Å². The highest BCUT2D eigenvalue weighted by molar-refractivity contribution is 5.31. The number of fused-ring (bicyclic) bond motifs is 1. The molecule has 1 fully saturated rings. The van der Waals surface area contributed by atoms with E-state index < -0.39 is 0 Å². The summed E-state index contributed by atoms with van der Waals surface area (Å²) in [6.45, 7) is 4.23. The minimum absolute atomic E-state index is 0.374. The molecule has 4 rings (SSSR count). The minimum atomic E-state index is 0.374. The molecule has 0 radical (unpaired) electrons. The van der Waals surface area contributed by atoms with E-state index in [0.29, 0.717) is 17.9 Å². The predicted octanol–water partition coefficient (Wildman–Crippen LogP) is 2.60. The number of nitrogens with zero attached hydrogens (tertiary/aromatic N) is 3. The van der Waals surface area contributed by atoms with Crippen LogP contribution in [0.25, 0.3) is 0 Å². The summed E-state index contributed by atoms with van der Waals surface area (Å²) in [4.78, 5) is 0. The lowest BCUT2D eigenvalue weighted by Crippen LogP contribution is -2.33. The molecule has 104 valence electrons. The molecule has 1 saturated carbocycles. The average molecular weight is 268 g/mol. The van der Waals surface area contributed by atoms with E-state index in [-0.39, 0.29) is 0 Å². The molecule has 0 bridgehead atoms. The van der Waals surface area contributed by atoms with Crippen molar-refractivity contribution in [2.45, 2.75) is 44.2 Å². The zero-order chi connectivity index (χ0) is 13.5. The van der Waals surface area contributed by atoms with E-state index in [0.717, 1.165) is 25.3 Å². The van der Waals surface area contributed by atoms with Crippen LogP contribution in [0.4, 0.5) is 0 Å². The second kappa shape index (κ2) is 4.70. The van der Waals surface area contributed by atoms with Crippen molar-refractivity contribution in [2.75, 3.05) is 6.54 Å². The van der Waals surface area contributed by atoms with Crippen molar-refractivity contribution < 1.29 is 0 Å². The topological polar surface area (TPSA) is 42.7 Å². The van der Waals surface area contributed by atoms with E-state index >= 15 is 0 Å². The first-order valence-electron chi connectivity index (χ1n) is 7.59. The van der Waals surface area contributed by atoms with Crippen molar-refractivity contribution in [2.24, 2.45) is 0 Å². The number of benzene rings is 1. The Morgan fingerprint density at radius 2 is 1.95 bits per heavy atom. The number of hydrogen-bond donors (Lipinski definition) is 1. The summed E-state index contributed by atoms with van der Waals surface area (Å²) in [7, 11) is 0. The monoisotopic (exact) mass is 268 g/mol. The fraction of sp³-hybridized carbons (Fsp3) is 0.500. The second-order valence-electron chi connectivity index (χ2n) is 5.84. The molecule has 1 aromatic heterocycles. The van der Waals surface area contributed by atoms with Crippen LogP contribution in [0.5, 0.6) is 0 Å². The molecule has 4 nitrogen and oxygen atoms in total. The highest BCUT2D eigenvalue weighted by Crippen LogP contribution is 2.54. The summed E-state index contributed by atoms with van der Waals surface area (Å²) in [5, 5.41) is 12.5. The fourth-order valence-electron chi connectivity index (χ4n) is 3.41. The van der Waals surface area contributed by atoms with Gasteiger partial charge in [-0.2, -0.15) is 0 Å². The smallest absolute Gasteiger partial charge is 0.150 e. The summed E-state index contributed by atoms with van der Waals surface area (Å²) in [5.74, 6) is 3.54. The Kier molecular flexibility index (Phi) is 2.84. The fourth-order valence-corrected chi connectivity index (χ4v) is 3.41. The summed E-state index contributed by atoms with van der Waals surface area (Å²) >= 11 is 0. The van der Waals surface area contributed by atoms with Gasteiger partial charge >= 0.3 is 0 Å². The first kappa shape index (κ1) is 12.1. The molecule has 20 heavy (non-hydrogen) atoms. The molecule has 1 aliphatic carbocycles. The lowest BCUT2D eigenvalue weighted by Gasteiger charge is -2.24. The first-order valence-corrected chi connectivity index (χ1v) is 7.59. The highest BCUT2D eigenvalue weighted by atomic mass is 15.3. The van der Waals surface area contributed by atoms with Gasteiger partial charge < -0.3 is 9.88 Å². The van der Waals surface area contributed by atoms with Gasteiger partial charge in [0.15, 0.2) is 0 Å². The average Bonchev–Trinajstić information content (AvgIpc) is 3.19. The van der Waals surface area contributed by atoms with Crippen LogP contribution >= 0.6 is 0 Å². The molecule has 0 amide bonds. The van der Waals surface area contributed by atoms with Crippen molar-refractivity contribution in [3.63, 3.8) is 0 Å². The lowest BCUT2D eigenvalue weighted by molar-refractivity contribution is 0.400. The van der Waals surface area contributed by atoms with Crippen LogP contribution in [0.15, 0.2) is 30.3 Å². The minimum Gasteiger partial charge on any atom is -0.312 e. The Labute approximate surface area is 119 Å². The van der Waals surface area contributed by atoms with E-state index in [1.54, 1.807) is 0 Å². The van der Waals surface area contributed by atoms with E-state index in [4.69, 9.17) is 0 Å². The number of hydrogen-bond acceptors (Lipinski definition) is 3. The van der Waals surface area contributed by atoms with E-state index in [9.17, 15) is 0 Å². The molecule has 3 atom stereocenters. The summed E-state index contributed by atoms with van der Waals surface area (Å²) in [6.07, 6.45) is 2.29. The van der Waals surface area contributed by atoms with Crippen LogP contribution in [-0.2, 0) is 6.54 Å². The van der Waals surface area contributed by atoms with Gasteiger partial charge in [-0.15, -0.1) is 10.2 Å². The van der Waals surface area contributed by atoms with Crippen LogP contribution < -0.4 is 5.32 Å². The molecule has 2 aromatic rings. The van der Waals surface area contributed by atoms with Gasteiger partial charge in [-0.25, -0.2) is 0 Å². The normalized spacial score (nSPS) is 28.1. The Morgan fingerprint density at radius 1 is 1.15 bits per heavy atom. The molecule has 2 aliphatic rings. The molecule has 0 saturated heterocycles. The van der Waals surface area contributed by atoms with E-state index in [2.05, 4.69) is 57.3 Å². The zero-order valence-electron chi connectivity index (χ0n) is 11.8. The Balaban J connectivity index is 1.61. The standard InChI is InChI=1S/C16H20N4/c1-2-14-16-19-18-15(20(16)9-8-17-14)13-10-12(13)11-6-4-3-5-7-11/h3-7,12-14,17H,2,8-10H2,1H3. The highest BCUT2D eigenvalue weighted by Gasteiger charge is 2.43. The van der Waals surface area contributed by atoms with Gasteiger partial charge in [-0.3, -0.25) is 0 Å². The molecule has 1 N–H and O–H groups in total. The van der Waals surface area contributed by atoms with Crippen molar-refractivity contribution >= 4 is 0 Å². The van der Waals surface area contributed by atoms with Crippen LogP contribution in [-0.4, -0.2) is 21.3 Å². The quantitative estimate of drug-likeness (QED) is 0.930. The van der Waals surface area contributed by atoms with Crippen LogP contribution in [0.2, 0.25) is 0 Å². The SMILES string of the molecule is CCC1NCCn2c1nnc2C1CC1c1ccccc1. The summed E-state index contributed by atoms with van der Waals surface area (Å²) < 4.78 is 2.36. The van der Waals surface area contributed by atoms with Gasteiger partial charge in [-0.05, 0) is 24.3 Å². The third-order valence-electron chi connectivity index (χ3n) is 4.60. The molecule has 3 unspecified atom stereocenters. The maximum atomic E-state index is 4.51. The number of nitrogens with one attached hydrogen (secondary N) is 1. The van der Waals surface area contributed by atoms with Crippen LogP contribution in [0.1, 0.15) is 54.9 Å². The number of aromatic nitrogens is 3. The maximum absolute atomic E-state index is 4.51. The zero-order valence-corrected chi connectivity index (χ0v) is 11.8. The summed E-state index contributed by atoms with van der Waals surface area (Å²) in [5.41, 5.74) is 1.44. The van der Waals surface area contributed by atoms with Crippen molar-refractivity contribution in [1.82, 2.24) is 20.1 Å². The molecular formula is C16H20N4. The molecule has 1 aromatic carbocycles. The van der Waals surface area contributed by atoms with Crippen molar-refractivity contribution in [3.8, 4) is 0 Å². The van der Waals surface area contributed by atoms with Gasteiger partial charge in [0.1, 0.15) is 11.6 Å². The van der Waals surface area contributed by atoms with Gasteiger partial charge in [0.2, 0.25) is 0 Å². The van der Waals surface area contributed by atoms with Gasteiger partial charge in [-0.1, -0.05) is 37.3 Å². The molecule has 4 heteroatoms. The Hall–Kier alpha value is -1.68. The molecule has 1 aliphatic heterocycles. The van der Waals surface area contributed by atoms with Crippen molar-refractivity contribution in [3.05, 3.63) is 47.5 Å². The third-order valence-corrected chi connectivity index (χ3v) is 4.60. The third kappa shape index (κ3) is 1.86. The van der Waals surface area contributed by atoms with Crippen LogP contribution in [0, 0.1) is 0 Å². The van der Waals surface area contributed by atoms with Gasteiger partial charge in [0.05, 0.1) is 6.04 Å². The van der Waals surface area contributed by atoms with E-state index in [1.165, 1.54) is 17.8 Å². The molecule has 2 heterocycles. The van der Waals surface area contributed by atoms with Gasteiger partial charge in [0.25, 0.3) is 0 Å². The molecular weight excluding hydrogens is 248 g/mol. The van der Waals surface area contributed by atoms with E-state index in [1.807, 2.05) is 0 Å². The molecule has 0 spiro atoms. The maximum Gasteiger partial charge on any atom is 0.150 e. The second-order valence-corrected chi connectivity index (χ2v) is 5.84. The predicted molar refractivity (Wildman–Crippen MR) is 77.6 cm³/mol. The Bertz CT molecular complexity index is 604. The van der Waals surface area contributed by atoms with Crippen LogP contribution in [0.3, 0.4) is 0 Å². The largest absolute Gasteiger partial charge is 0.312 e. The first-order chi connectivity index (χ1) is 9.88.